The highest BCUT2D eigenvalue weighted by molar-refractivity contribution is 8.33. The molecule has 13 heavy (non-hydrogen) atoms. The van der Waals surface area contributed by atoms with Gasteiger partial charge in [-0.3, -0.25) is 0 Å². The lowest BCUT2D eigenvalue weighted by Gasteiger charge is -2.03. The number of rotatable bonds is 0. The summed E-state index contributed by atoms with van der Waals surface area (Å²) >= 11 is 10.5. The molecule has 1 heterocycles. The summed E-state index contributed by atoms with van der Waals surface area (Å²) in [6.07, 6.45) is -4.68. The fourth-order valence-corrected chi connectivity index (χ4v) is 2.41. The van der Waals surface area contributed by atoms with E-state index in [-0.39, 0.29) is 0 Å². The zero-order chi connectivity index (χ0) is 10.2. The summed E-state index contributed by atoms with van der Waals surface area (Å²) in [5.41, 5.74) is -1.31. The first-order valence-electron chi connectivity index (χ1n) is 2.71. The number of nitrogens with zero attached hydrogens (tertiary/aromatic N) is 1. The van der Waals surface area contributed by atoms with Crippen molar-refractivity contribution >= 4 is 43.4 Å². The van der Waals surface area contributed by atoms with Crippen LogP contribution in [0.4, 0.5) is 13.2 Å². The first-order chi connectivity index (χ1) is 5.88. The quantitative estimate of drug-likeness (QED) is 0.608. The topological polar surface area (TPSA) is 29.4 Å². The molecule has 0 spiro atoms. The second-order valence-electron chi connectivity index (χ2n) is 1.87. The molecule has 0 N–H and O–H groups in total. The van der Waals surface area contributed by atoms with Gasteiger partial charge in [0.15, 0.2) is 15.4 Å². The number of aliphatic imine (C=N–C) groups is 1. The second kappa shape index (κ2) is 3.46. The molecule has 0 amide bonds. The molecule has 1 aliphatic heterocycles. The van der Waals surface area contributed by atoms with Crippen LogP contribution < -0.4 is 0 Å². The lowest BCUT2D eigenvalue weighted by Crippen LogP contribution is -2.09. The van der Waals surface area contributed by atoms with Gasteiger partial charge in [-0.15, -0.1) is 0 Å². The van der Waals surface area contributed by atoms with Crippen molar-refractivity contribution in [2.75, 3.05) is 0 Å². The average Bonchev–Trinajstić information content (AvgIpc) is 2.25. The Morgan fingerprint density at radius 2 is 1.92 bits per heavy atom. The SMILES string of the molecule is O=C=S1C(Cl)=NC(C(F)(F)F)=C1Cl. The van der Waals surface area contributed by atoms with Gasteiger partial charge in [0, 0.05) is 10.5 Å². The first-order valence-corrected chi connectivity index (χ1v) is 4.69. The molecule has 1 atom stereocenters. The maximum absolute atomic E-state index is 12.1. The Morgan fingerprint density at radius 1 is 1.38 bits per heavy atom. The number of alkyl halides is 3. The molecule has 0 bridgehead atoms. The van der Waals surface area contributed by atoms with E-state index >= 15 is 0 Å². The van der Waals surface area contributed by atoms with E-state index in [1.165, 1.54) is 5.23 Å². The Morgan fingerprint density at radius 3 is 2.15 bits per heavy atom. The summed E-state index contributed by atoms with van der Waals surface area (Å²) in [6.45, 7) is 0. The second-order valence-corrected chi connectivity index (χ2v) is 4.63. The molecule has 0 aromatic carbocycles. The van der Waals surface area contributed by atoms with Crippen LogP contribution in [0.15, 0.2) is 15.1 Å². The van der Waals surface area contributed by atoms with Gasteiger partial charge in [0.2, 0.25) is 0 Å². The van der Waals surface area contributed by atoms with E-state index in [1.807, 2.05) is 0 Å². The average molecular weight is 250 g/mol. The molecule has 1 aliphatic rings. The molecule has 0 saturated carbocycles. The van der Waals surface area contributed by atoms with Gasteiger partial charge >= 0.3 is 6.18 Å². The molecular formula is C5Cl2F3NOS. The molecule has 0 aromatic rings. The Bertz CT molecular complexity index is 366. The van der Waals surface area contributed by atoms with Crippen LogP contribution in [0.2, 0.25) is 0 Å². The molecule has 72 valence electrons. The van der Waals surface area contributed by atoms with Crippen molar-refractivity contribution in [1.82, 2.24) is 0 Å². The number of halogens is 5. The van der Waals surface area contributed by atoms with Crippen LogP contribution in [0.3, 0.4) is 0 Å². The minimum Gasteiger partial charge on any atom is -0.226 e. The van der Waals surface area contributed by atoms with E-state index in [0.717, 1.165) is 0 Å². The summed E-state index contributed by atoms with van der Waals surface area (Å²) in [5, 5.41) is 1.29. The third-order valence-corrected chi connectivity index (χ3v) is 3.42. The standard InChI is InChI=1S/C5Cl2F3NOS/c6-3-2(5(8,9)10)11-4(7)13(3)1-12. The van der Waals surface area contributed by atoms with Gasteiger partial charge in [-0.25, -0.2) is 9.79 Å². The van der Waals surface area contributed by atoms with Crippen molar-refractivity contribution in [3.05, 3.63) is 10.1 Å². The third-order valence-electron chi connectivity index (χ3n) is 1.09. The van der Waals surface area contributed by atoms with Gasteiger partial charge in [0.1, 0.15) is 4.36 Å². The molecule has 1 unspecified atom stereocenters. The van der Waals surface area contributed by atoms with Crippen molar-refractivity contribution in [2.45, 2.75) is 6.18 Å². The summed E-state index contributed by atoms with van der Waals surface area (Å²) in [5.74, 6) is 0. The predicted octanol–water partition coefficient (Wildman–Crippen LogP) is 2.90. The van der Waals surface area contributed by atoms with Crippen molar-refractivity contribution in [3.8, 4) is 0 Å². The normalized spacial score (nSPS) is 23.2. The van der Waals surface area contributed by atoms with Crippen molar-refractivity contribution in [2.24, 2.45) is 4.99 Å². The third kappa shape index (κ3) is 1.96. The zero-order valence-electron chi connectivity index (χ0n) is 5.65. The van der Waals surface area contributed by atoms with Crippen molar-refractivity contribution < 1.29 is 18.0 Å². The Hall–Kier alpha value is -0.290. The molecule has 0 aromatic heterocycles. The predicted molar refractivity (Wildman–Crippen MR) is 45.5 cm³/mol. The van der Waals surface area contributed by atoms with E-state index in [9.17, 15) is 18.0 Å². The van der Waals surface area contributed by atoms with Crippen LogP contribution in [-0.4, -0.2) is 15.9 Å². The smallest absolute Gasteiger partial charge is 0.226 e. The van der Waals surface area contributed by atoms with Gasteiger partial charge < -0.3 is 0 Å². The van der Waals surface area contributed by atoms with Crippen molar-refractivity contribution in [1.29, 1.82) is 0 Å². The molecule has 0 aliphatic carbocycles. The largest absolute Gasteiger partial charge is 0.435 e. The number of allylic oxidation sites excluding steroid dienone is 1. The maximum atomic E-state index is 12.1. The Kier molecular flexibility index (Phi) is 2.87. The van der Waals surface area contributed by atoms with Crippen LogP contribution in [-0.2, 0) is 4.79 Å². The molecule has 2 nitrogen and oxygen atoms in total. The van der Waals surface area contributed by atoms with E-state index in [1.54, 1.807) is 0 Å². The highest BCUT2D eigenvalue weighted by Crippen LogP contribution is 2.45. The maximum Gasteiger partial charge on any atom is 0.435 e. The fraction of sp³-hybridized carbons (Fsp3) is 0.200. The summed E-state index contributed by atoms with van der Waals surface area (Å²) < 4.78 is 35.0. The number of hydrogen-bond acceptors (Lipinski definition) is 2. The van der Waals surface area contributed by atoms with Crippen LogP contribution in [0.5, 0.6) is 0 Å². The minimum absolute atomic E-state index is 0.479. The van der Waals surface area contributed by atoms with Crippen LogP contribution in [0.25, 0.3) is 0 Å². The highest BCUT2D eigenvalue weighted by Gasteiger charge is 2.41. The van der Waals surface area contributed by atoms with Gasteiger partial charge in [0.05, 0.1) is 0 Å². The molecule has 8 heteroatoms. The molecule has 0 fully saturated rings. The van der Waals surface area contributed by atoms with Crippen LogP contribution >= 0.6 is 33.7 Å². The molecule has 0 radical (unpaired) electrons. The first kappa shape index (κ1) is 10.8. The summed E-state index contributed by atoms with van der Waals surface area (Å²) in [7, 11) is -1.67. The molecular weight excluding hydrogens is 250 g/mol. The number of carbonyl (C=O) groups excluding carboxylic acids is 1. The van der Waals surface area contributed by atoms with E-state index < -0.39 is 31.2 Å². The summed E-state index contributed by atoms with van der Waals surface area (Å²) in [6, 6.07) is 0. The van der Waals surface area contributed by atoms with Crippen molar-refractivity contribution in [3.63, 3.8) is 0 Å². The zero-order valence-corrected chi connectivity index (χ0v) is 7.98. The van der Waals surface area contributed by atoms with Crippen LogP contribution in [0.1, 0.15) is 0 Å². The fourth-order valence-electron chi connectivity index (χ4n) is 0.594. The Labute approximate surface area is 83.0 Å². The Balaban J connectivity index is 3.29. The molecule has 0 saturated heterocycles. The van der Waals surface area contributed by atoms with Gasteiger partial charge in [0.25, 0.3) is 0 Å². The van der Waals surface area contributed by atoms with E-state index in [0.29, 0.717) is 0 Å². The minimum atomic E-state index is -4.68. The van der Waals surface area contributed by atoms with Gasteiger partial charge in [-0.2, -0.15) is 13.2 Å². The highest BCUT2D eigenvalue weighted by atomic mass is 35.5. The monoisotopic (exact) mass is 249 g/mol. The van der Waals surface area contributed by atoms with E-state index in [2.05, 4.69) is 4.99 Å². The van der Waals surface area contributed by atoms with Gasteiger partial charge in [-0.05, 0) is 0 Å². The number of hydrogen-bond donors (Lipinski definition) is 0. The lowest BCUT2D eigenvalue weighted by molar-refractivity contribution is -0.0921. The van der Waals surface area contributed by atoms with Crippen LogP contribution in [0, 0.1) is 0 Å². The summed E-state index contributed by atoms with van der Waals surface area (Å²) in [4.78, 5) is 13.1. The lowest BCUT2D eigenvalue weighted by atomic mass is 10.5. The van der Waals surface area contributed by atoms with E-state index in [4.69, 9.17) is 23.2 Å². The van der Waals surface area contributed by atoms with Gasteiger partial charge in [-0.1, -0.05) is 23.2 Å². The molecule has 1 rings (SSSR count).